The molecule has 0 radical (unpaired) electrons. The van der Waals surface area contributed by atoms with Crippen molar-refractivity contribution < 1.29 is 104 Å². The van der Waals surface area contributed by atoms with Crippen molar-refractivity contribution in [2.45, 2.75) is 74.6 Å². The Morgan fingerprint density at radius 2 is 1.00 bits per heavy atom. The second-order valence-electron chi connectivity index (χ2n) is 5.49. The third-order valence-electron chi connectivity index (χ3n) is 3.34. The molecule has 0 spiro atoms. The van der Waals surface area contributed by atoms with Gasteiger partial charge in [-0.05, 0) is 12.8 Å². The van der Waals surface area contributed by atoms with Crippen molar-refractivity contribution in [1.29, 1.82) is 0 Å². The van der Waals surface area contributed by atoms with E-state index in [1.807, 2.05) is 0 Å². The van der Waals surface area contributed by atoms with E-state index in [2.05, 4.69) is 0 Å². The van der Waals surface area contributed by atoms with Crippen molar-refractivity contribution in [3.05, 3.63) is 0 Å². The number of alkyl halides is 9. The number of hydrogen-bond acceptors (Lipinski definition) is 3. The molecule has 0 aromatic carbocycles. The fraction of sp³-hybridized carbons (Fsp3) is 1.00. The van der Waals surface area contributed by atoms with Crippen molar-refractivity contribution in [1.82, 2.24) is 0 Å². The van der Waals surface area contributed by atoms with E-state index in [0.717, 1.165) is 0 Å². The van der Waals surface area contributed by atoms with Gasteiger partial charge in [-0.15, -0.1) is 0 Å². The number of rotatable bonds is 11. The van der Waals surface area contributed by atoms with Gasteiger partial charge < -0.3 is 4.55 Å². The van der Waals surface area contributed by atoms with Crippen LogP contribution in [0.5, 0.6) is 0 Å². The van der Waals surface area contributed by atoms with Crippen molar-refractivity contribution in [2.24, 2.45) is 0 Å². The van der Waals surface area contributed by atoms with Crippen molar-refractivity contribution in [2.75, 3.05) is 0 Å². The minimum absolute atomic E-state index is 0. The molecular formula is C12H16F9KO3S. The van der Waals surface area contributed by atoms with Crippen molar-refractivity contribution >= 4 is 10.1 Å². The SMILES string of the molecule is O=S(=O)([O-])C(F)(F)C(F)(F)C(F)(F)CCCCCCCCC(F)(F)F.[K+]. The largest absolute Gasteiger partial charge is 1.00 e. The molecule has 0 fully saturated rings. The maximum absolute atomic E-state index is 13.2. The normalized spacial score (nSPS) is 14.2. The van der Waals surface area contributed by atoms with Crippen LogP contribution in [0.1, 0.15) is 51.4 Å². The van der Waals surface area contributed by atoms with Gasteiger partial charge in [-0.1, -0.05) is 25.7 Å². The van der Waals surface area contributed by atoms with E-state index >= 15 is 0 Å². The van der Waals surface area contributed by atoms with E-state index < -0.39 is 52.7 Å². The van der Waals surface area contributed by atoms with Gasteiger partial charge in [-0.3, -0.25) is 0 Å². The molecule has 26 heavy (non-hydrogen) atoms. The van der Waals surface area contributed by atoms with Crippen LogP contribution in [-0.2, 0) is 10.1 Å². The smallest absolute Gasteiger partial charge is 0.743 e. The van der Waals surface area contributed by atoms with Gasteiger partial charge in [-0.2, -0.15) is 39.5 Å². The molecule has 0 aliphatic rings. The summed E-state index contributed by atoms with van der Waals surface area (Å²) >= 11 is 0. The van der Waals surface area contributed by atoms with Crippen LogP contribution in [0.25, 0.3) is 0 Å². The molecule has 0 saturated heterocycles. The first-order chi connectivity index (χ1) is 11.0. The number of unbranched alkanes of at least 4 members (excludes halogenated alkanes) is 5. The Balaban J connectivity index is 0. The van der Waals surface area contributed by atoms with E-state index in [1.165, 1.54) is 0 Å². The average Bonchev–Trinajstić information content (AvgIpc) is 2.38. The van der Waals surface area contributed by atoms with E-state index in [9.17, 15) is 52.5 Å². The summed E-state index contributed by atoms with van der Waals surface area (Å²) in [5.74, 6) is -11.8. The molecule has 0 heterocycles. The summed E-state index contributed by atoms with van der Waals surface area (Å²) in [7, 11) is -7.01. The molecule has 0 aliphatic heterocycles. The van der Waals surface area contributed by atoms with E-state index in [1.54, 1.807) is 0 Å². The Morgan fingerprint density at radius 3 is 1.35 bits per heavy atom. The Kier molecular flexibility index (Phi) is 11.9. The minimum Gasteiger partial charge on any atom is -0.743 e. The third-order valence-corrected chi connectivity index (χ3v) is 4.22. The molecule has 0 aromatic rings. The van der Waals surface area contributed by atoms with Crippen LogP contribution < -0.4 is 51.4 Å². The number of hydrogen-bond donors (Lipinski definition) is 0. The summed E-state index contributed by atoms with van der Waals surface area (Å²) in [4.78, 5) is 0. The first kappa shape index (κ1) is 29.1. The monoisotopic (exact) mass is 450 g/mol. The summed E-state index contributed by atoms with van der Waals surface area (Å²) in [6.07, 6.45) is -7.75. The molecule has 0 atom stereocenters. The molecule has 0 N–H and O–H groups in total. The van der Waals surface area contributed by atoms with E-state index in [-0.39, 0.29) is 83.5 Å². The predicted octanol–water partition coefficient (Wildman–Crippen LogP) is 2.08. The van der Waals surface area contributed by atoms with Gasteiger partial charge in [0.1, 0.15) is 0 Å². The van der Waals surface area contributed by atoms with Gasteiger partial charge >= 0.3 is 74.7 Å². The Labute approximate surface area is 187 Å². The molecule has 0 rings (SSSR count). The van der Waals surface area contributed by atoms with Gasteiger partial charge in [0.15, 0.2) is 10.1 Å². The Morgan fingerprint density at radius 1 is 0.654 bits per heavy atom. The van der Waals surface area contributed by atoms with Crippen LogP contribution in [0.4, 0.5) is 39.5 Å². The van der Waals surface area contributed by atoms with Crippen LogP contribution >= 0.6 is 0 Å². The average molecular weight is 450 g/mol. The van der Waals surface area contributed by atoms with Gasteiger partial charge in [0.25, 0.3) is 0 Å². The summed E-state index contributed by atoms with van der Waals surface area (Å²) in [5, 5.41) is -6.47. The topological polar surface area (TPSA) is 57.2 Å². The fourth-order valence-electron chi connectivity index (χ4n) is 1.91. The first-order valence-electron chi connectivity index (χ1n) is 7.11. The molecule has 3 nitrogen and oxygen atoms in total. The maximum Gasteiger partial charge on any atom is 1.00 e. The second-order valence-corrected chi connectivity index (χ2v) is 6.91. The molecule has 0 bridgehead atoms. The Bertz CT molecular complexity index is 521. The van der Waals surface area contributed by atoms with Gasteiger partial charge in [0.2, 0.25) is 0 Å². The van der Waals surface area contributed by atoms with Crippen LogP contribution in [0.3, 0.4) is 0 Å². The maximum atomic E-state index is 13.2. The van der Waals surface area contributed by atoms with Crippen LogP contribution in [0.2, 0.25) is 0 Å². The van der Waals surface area contributed by atoms with Gasteiger partial charge in [0.05, 0.1) is 0 Å². The second kappa shape index (κ2) is 10.6. The molecule has 0 unspecified atom stereocenters. The zero-order chi connectivity index (χ0) is 20.2. The third kappa shape index (κ3) is 8.51. The summed E-state index contributed by atoms with van der Waals surface area (Å²) in [5.41, 5.74) is 0. The summed E-state index contributed by atoms with van der Waals surface area (Å²) < 4.78 is 144. The first-order valence-corrected chi connectivity index (χ1v) is 8.52. The zero-order valence-corrected chi connectivity index (χ0v) is 17.6. The van der Waals surface area contributed by atoms with Crippen molar-refractivity contribution in [3.63, 3.8) is 0 Å². The minimum atomic E-state index is -7.01. The molecule has 14 heteroatoms. The van der Waals surface area contributed by atoms with Crippen molar-refractivity contribution in [3.8, 4) is 0 Å². The van der Waals surface area contributed by atoms with E-state index in [0.29, 0.717) is 0 Å². The standard InChI is InChI=1S/C12H17F9O3S.K/c13-9(14,11(18,19)12(20,21)25(22,23)24)7-5-3-1-2-4-6-8-10(15,16)17;/h1-8H2,(H,22,23,24);/q;+1/p-1. The predicted molar refractivity (Wildman–Crippen MR) is 67.5 cm³/mol. The van der Waals surface area contributed by atoms with Gasteiger partial charge in [-0.25, -0.2) is 8.42 Å². The molecule has 0 amide bonds. The van der Waals surface area contributed by atoms with Crippen LogP contribution in [0, 0.1) is 0 Å². The summed E-state index contributed by atoms with van der Waals surface area (Å²) in [6, 6.07) is 0. The van der Waals surface area contributed by atoms with Crippen LogP contribution in [0.15, 0.2) is 0 Å². The molecule has 152 valence electrons. The molecule has 0 saturated carbocycles. The Hall–Kier alpha value is 0.916. The summed E-state index contributed by atoms with van der Waals surface area (Å²) in [6.45, 7) is 0. The van der Waals surface area contributed by atoms with Crippen LogP contribution in [-0.4, -0.2) is 36.2 Å². The molecule has 0 aromatic heterocycles. The zero-order valence-electron chi connectivity index (χ0n) is 13.7. The fourth-order valence-corrected chi connectivity index (χ4v) is 2.37. The molecular weight excluding hydrogens is 434 g/mol. The van der Waals surface area contributed by atoms with Gasteiger partial charge in [0, 0.05) is 12.8 Å². The molecule has 0 aliphatic carbocycles. The number of halogens is 9. The van der Waals surface area contributed by atoms with E-state index in [4.69, 9.17) is 0 Å². The quantitative estimate of drug-likeness (QED) is 0.210.